The number of nitrogens with zero attached hydrogens (tertiary/aromatic N) is 3. The van der Waals surface area contributed by atoms with Gasteiger partial charge in [-0.25, -0.2) is 4.98 Å². The van der Waals surface area contributed by atoms with E-state index in [1.54, 1.807) is 18.6 Å². The molecule has 2 aromatic heterocycles. The van der Waals surface area contributed by atoms with Gasteiger partial charge in [0.05, 0.1) is 13.0 Å². The Morgan fingerprint density at radius 1 is 1.36 bits per heavy atom. The van der Waals surface area contributed by atoms with Gasteiger partial charge in [-0.3, -0.25) is 9.78 Å². The average molecular weight is 362 g/mol. The summed E-state index contributed by atoms with van der Waals surface area (Å²) in [6, 6.07) is 7.48. The van der Waals surface area contributed by atoms with Crippen molar-refractivity contribution in [2.75, 3.05) is 13.1 Å². The number of ether oxygens (including phenoxy) is 1. The summed E-state index contributed by atoms with van der Waals surface area (Å²) in [5, 5.41) is 0. The molecule has 1 aliphatic rings. The number of likely N-dealkylation sites (tertiary alicyclic amines) is 1. The Morgan fingerprint density at radius 3 is 3.00 bits per heavy atom. The third-order valence-corrected chi connectivity index (χ3v) is 4.03. The largest absolute Gasteiger partial charge is 0.472 e. The molecule has 1 atom stereocenters. The van der Waals surface area contributed by atoms with Crippen LogP contribution in [0.4, 0.5) is 0 Å². The van der Waals surface area contributed by atoms with Crippen molar-refractivity contribution >= 4 is 21.8 Å². The fourth-order valence-corrected chi connectivity index (χ4v) is 2.68. The van der Waals surface area contributed by atoms with Crippen molar-refractivity contribution in [2.24, 2.45) is 0 Å². The second-order valence-electron chi connectivity index (χ2n) is 5.22. The van der Waals surface area contributed by atoms with Crippen LogP contribution in [0.1, 0.15) is 12.0 Å². The van der Waals surface area contributed by atoms with Gasteiger partial charge in [-0.05, 0) is 33.6 Å². The number of halogens is 1. The number of pyridine rings is 2. The van der Waals surface area contributed by atoms with Gasteiger partial charge in [0.2, 0.25) is 11.8 Å². The summed E-state index contributed by atoms with van der Waals surface area (Å²) in [7, 11) is 0. The Morgan fingerprint density at radius 2 is 2.27 bits per heavy atom. The monoisotopic (exact) mass is 361 g/mol. The number of carbonyl (C=O) groups excluding carboxylic acids is 1. The lowest BCUT2D eigenvalue weighted by atomic mass is 10.2. The van der Waals surface area contributed by atoms with Crippen molar-refractivity contribution in [2.45, 2.75) is 18.9 Å². The van der Waals surface area contributed by atoms with Gasteiger partial charge in [0.15, 0.2) is 0 Å². The van der Waals surface area contributed by atoms with Gasteiger partial charge in [-0.15, -0.1) is 0 Å². The summed E-state index contributed by atoms with van der Waals surface area (Å²) in [4.78, 5) is 22.4. The summed E-state index contributed by atoms with van der Waals surface area (Å²) in [5.74, 6) is 0.706. The summed E-state index contributed by atoms with van der Waals surface area (Å²) in [6.07, 6.45) is 6.36. The number of carbonyl (C=O) groups is 1. The zero-order valence-electron chi connectivity index (χ0n) is 12.0. The first-order chi connectivity index (χ1) is 10.7. The third kappa shape index (κ3) is 3.82. The lowest BCUT2D eigenvalue weighted by Crippen LogP contribution is -2.32. The normalized spacial score (nSPS) is 17.5. The zero-order valence-corrected chi connectivity index (χ0v) is 13.6. The van der Waals surface area contributed by atoms with E-state index >= 15 is 0 Å². The molecule has 0 aliphatic carbocycles. The zero-order chi connectivity index (χ0) is 15.4. The van der Waals surface area contributed by atoms with Crippen LogP contribution < -0.4 is 4.74 Å². The molecule has 0 spiro atoms. The van der Waals surface area contributed by atoms with Crippen LogP contribution >= 0.6 is 15.9 Å². The molecule has 0 bridgehead atoms. The average Bonchev–Trinajstić information content (AvgIpc) is 2.99. The number of aromatic nitrogens is 2. The second-order valence-corrected chi connectivity index (χ2v) is 6.14. The first-order valence-electron chi connectivity index (χ1n) is 7.15. The molecule has 0 aromatic carbocycles. The molecule has 3 rings (SSSR count). The fourth-order valence-electron chi connectivity index (χ4n) is 2.44. The van der Waals surface area contributed by atoms with Gasteiger partial charge < -0.3 is 9.64 Å². The second kappa shape index (κ2) is 6.87. The molecule has 2 aromatic rings. The van der Waals surface area contributed by atoms with Crippen LogP contribution in [0.25, 0.3) is 0 Å². The van der Waals surface area contributed by atoms with Crippen LogP contribution in [0.15, 0.2) is 47.3 Å². The number of rotatable bonds is 4. The van der Waals surface area contributed by atoms with Gasteiger partial charge in [0.25, 0.3) is 0 Å². The minimum atomic E-state index is 0.00604. The van der Waals surface area contributed by atoms with E-state index in [2.05, 4.69) is 25.9 Å². The van der Waals surface area contributed by atoms with Crippen LogP contribution in [0.3, 0.4) is 0 Å². The molecule has 22 heavy (non-hydrogen) atoms. The summed E-state index contributed by atoms with van der Waals surface area (Å²) in [6.45, 7) is 1.33. The predicted octanol–water partition coefficient (Wildman–Crippen LogP) is 2.46. The third-order valence-electron chi connectivity index (χ3n) is 3.56. The van der Waals surface area contributed by atoms with Gasteiger partial charge in [0.1, 0.15) is 6.10 Å². The molecular formula is C16H16BrN3O2. The Kier molecular flexibility index (Phi) is 4.68. The topological polar surface area (TPSA) is 55.3 Å². The van der Waals surface area contributed by atoms with Gasteiger partial charge in [-0.1, -0.05) is 6.07 Å². The highest BCUT2D eigenvalue weighted by molar-refractivity contribution is 9.10. The highest BCUT2D eigenvalue weighted by Crippen LogP contribution is 2.19. The van der Waals surface area contributed by atoms with E-state index in [1.807, 2.05) is 29.2 Å². The molecule has 3 heterocycles. The van der Waals surface area contributed by atoms with E-state index in [4.69, 9.17) is 4.74 Å². The summed E-state index contributed by atoms with van der Waals surface area (Å²) < 4.78 is 6.74. The molecule has 0 N–H and O–H groups in total. The maximum atomic E-state index is 12.3. The Labute approximate surface area is 137 Å². The van der Waals surface area contributed by atoms with E-state index in [1.165, 1.54) is 0 Å². The quantitative estimate of drug-likeness (QED) is 0.839. The molecule has 6 heteroatoms. The minimum absolute atomic E-state index is 0.00604. The Balaban J connectivity index is 1.53. The van der Waals surface area contributed by atoms with Crippen LogP contribution in [0.5, 0.6) is 5.88 Å². The van der Waals surface area contributed by atoms with Gasteiger partial charge in [0, 0.05) is 42.1 Å². The molecule has 0 unspecified atom stereocenters. The molecule has 1 amide bonds. The molecule has 1 aliphatic heterocycles. The molecule has 0 radical (unpaired) electrons. The standard InChI is InChI=1S/C16H16BrN3O2/c17-13-3-4-15(19-10-13)22-14-5-7-20(11-14)16(21)8-12-2-1-6-18-9-12/h1-4,6,9-10,14H,5,7-8,11H2/t14-/m0/s1. The van der Waals surface area contributed by atoms with E-state index in [0.717, 1.165) is 23.0 Å². The smallest absolute Gasteiger partial charge is 0.227 e. The van der Waals surface area contributed by atoms with Crippen LogP contribution in [-0.4, -0.2) is 40.0 Å². The molecule has 0 saturated carbocycles. The molecule has 5 nitrogen and oxygen atoms in total. The Bertz CT molecular complexity index is 634. The molecule has 114 valence electrons. The first kappa shape index (κ1) is 15.0. The van der Waals surface area contributed by atoms with Crippen LogP contribution in [0, 0.1) is 0 Å². The maximum absolute atomic E-state index is 12.3. The van der Waals surface area contributed by atoms with E-state index in [9.17, 15) is 4.79 Å². The van der Waals surface area contributed by atoms with Crippen LogP contribution in [-0.2, 0) is 11.2 Å². The minimum Gasteiger partial charge on any atom is -0.472 e. The predicted molar refractivity (Wildman–Crippen MR) is 85.5 cm³/mol. The first-order valence-corrected chi connectivity index (χ1v) is 7.95. The lowest BCUT2D eigenvalue weighted by molar-refractivity contribution is -0.129. The van der Waals surface area contributed by atoms with Crippen molar-refractivity contribution in [3.63, 3.8) is 0 Å². The summed E-state index contributed by atoms with van der Waals surface area (Å²) >= 11 is 3.34. The summed E-state index contributed by atoms with van der Waals surface area (Å²) in [5.41, 5.74) is 0.937. The lowest BCUT2D eigenvalue weighted by Gasteiger charge is -2.17. The maximum Gasteiger partial charge on any atom is 0.227 e. The number of hydrogen-bond acceptors (Lipinski definition) is 4. The van der Waals surface area contributed by atoms with Gasteiger partial charge >= 0.3 is 0 Å². The highest BCUT2D eigenvalue weighted by atomic mass is 79.9. The highest BCUT2D eigenvalue weighted by Gasteiger charge is 2.27. The van der Waals surface area contributed by atoms with E-state index in [-0.39, 0.29) is 12.0 Å². The fraction of sp³-hybridized carbons (Fsp3) is 0.312. The Hall–Kier alpha value is -1.95. The molecule has 1 saturated heterocycles. The van der Waals surface area contributed by atoms with E-state index < -0.39 is 0 Å². The van der Waals surface area contributed by atoms with Crippen molar-refractivity contribution in [1.29, 1.82) is 0 Å². The number of hydrogen-bond donors (Lipinski definition) is 0. The molecule has 1 fully saturated rings. The SMILES string of the molecule is O=C(Cc1cccnc1)N1CC[C@H](Oc2ccc(Br)cn2)C1. The van der Waals surface area contributed by atoms with Crippen molar-refractivity contribution in [1.82, 2.24) is 14.9 Å². The van der Waals surface area contributed by atoms with Crippen molar-refractivity contribution < 1.29 is 9.53 Å². The van der Waals surface area contributed by atoms with Crippen LogP contribution in [0.2, 0.25) is 0 Å². The molecular weight excluding hydrogens is 346 g/mol. The number of amides is 1. The van der Waals surface area contributed by atoms with E-state index in [0.29, 0.717) is 18.8 Å². The van der Waals surface area contributed by atoms with Crippen molar-refractivity contribution in [3.05, 3.63) is 52.9 Å². The van der Waals surface area contributed by atoms with Crippen molar-refractivity contribution in [3.8, 4) is 5.88 Å². The van der Waals surface area contributed by atoms with Gasteiger partial charge in [-0.2, -0.15) is 0 Å².